The minimum absolute atomic E-state index is 0.0325. The summed E-state index contributed by atoms with van der Waals surface area (Å²) in [6.45, 7) is -0.00844. The van der Waals surface area contributed by atoms with Gasteiger partial charge in [0.05, 0.1) is 6.04 Å². The highest BCUT2D eigenvalue weighted by atomic mass is 32.1. The number of amides is 2. The Morgan fingerprint density at radius 2 is 2.00 bits per heavy atom. The Morgan fingerprint density at radius 3 is 2.52 bits per heavy atom. The van der Waals surface area contributed by atoms with Crippen LogP contribution in [0.15, 0.2) is 5.16 Å². The van der Waals surface area contributed by atoms with E-state index in [0.29, 0.717) is 0 Å². The van der Waals surface area contributed by atoms with Crippen molar-refractivity contribution in [3.8, 4) is 0 Å². The van der Waals surface area contributed by atoms with E-state index in [1.807, 2.05) is 0 Å². The molecular weight excluding hydrogens is 388 g/mol. The summed E-state index contributed by atoms with van der Waals surface area (Å²) < 4.78 is 3.79. The van der Waals surface area contributed by atoms with Crippen LogP contribution in [0, 0.1) is 0 Å². The van der Waals surface area contributed by atoms with Crippen molar-refractivity contribution < 1.29 is 39.1 Å². The van der Waals surface area contributed by atoms with Crippen LogP contribution in [-0.2, 0) is 28.9 Å². The van der Waals surface area contributed by atoms with Crippen molar-refractivity contribution in [3.05, 3.63) is 5.82 Å². The van der Waals surface area contributed by atoms with E-state index in [-0.39, 0.29) is 11.0 Å². The number of oxime groups is 1. The van der Waals surface area contributed by atoms with Crippen LogP contribution >= 0.6 is 11.5 Å². The highest BCUT2D eigenvalue weighted by molar-refractivity contribution is 7.09. The number of carboxylic acid groups (broad SMARTS) is 2. The van der Waals surface area contributed by atoms with E-state index in [2.05, 4.69) is 24.7 Å². The molecule has 146 valence electrons. The number of nitrogens with zero attached hydrogens (tertiary/aromatic N) is 4. The minimum atomic E-state index is -1.32. The third-order valence-corrected chi connectivity index (χ3v) is 3.70. The van der Waals surface area contributed by atoms with E-state index in [1.165, 1.54) is 6.92 Å². The first-order chi connectivity index (χ1) is 12.7. The van der Waals surface area contributed by atoms with Crippen LogP contribution in [0.3, 0.4) is 0 Å². The maximum absolute atomic E-state index is 12.4. The predicted octanol–water partition coefficient (Wildman–Crippen LogP) is -2.34. The van der Waals surface area contributed by atoms with Gasteiger partial charge in [0.1, 0.15) is 6.04 Å². The van der Waals surface area contributed by atoms with Gasteiger partial charge in [0.25, 0.3) is 11.8 Å². The van der Waals surface area contributed by atoms with E-state index >= 15 is 0 Å². The molecular formula is C12H14N6O8S. The average Bonchev–Trinajstić information content (AvgIpc) is 3.02. The SMILES string of the molecule is C[C@H]1[C@H](NC(=O)/C(=N\OCC(=O)O)c2nsc(N)n2)C(=O)N1OCC(=O)O. The summed E-state index contributed by atoms with van der Waals surface area (Å²) in [7, 11) is 0. The van der Waals surface area contributed by atoms with Crippen molar-refractivity contribution in [1.82, 2.24) is 19.7 Å². The average molecular weight is 402 g/mol. The molecule has 1 saturated heterocycles. The number of nitrogen functional groups attached to an aromatic ring is 1. The van der Waals surface area contributed by atoms with E-state index in [9.17, 15) is 19.2 Å². The molecule has 1 aromatic heterocycles. The third-order valence-electron chi connectivity index (χ3n) is 3.16. The number of carbonyl (C=O) groups excluding carboxylic acids is 2. The number of rotatable bonds is 9. The molecule has 2 atom stereocenters. The summed E-state index contributed by atoms with van der Waals surface area (Å²) in [4.78, 5) is 58.5. The largest absolute Gasteiger partial charge is 0.479 e. The zero-order valence-electron chi connectivity index (χ0n) is 13.7. The molecule has 1 aliphatic rings. The minimum Gasteiger partial charge on any atom is -0.479 e. The molecule has 0 aliphatic carbocycles. The lowest BCUT2D eigenvalue weighted by molar-refractivity contribution is -0.233. The highest BCUT2D eigenvalue weighted by Crippen LogP contribution is 2.20. The number of β-lactam (4-membered cyclic amide) rings is 1. The number of hydroxylamine groups is 2. The number of nitrogens with one attached hydrogen (secondary N) is 1. The lowest BCUT2D eigenvalue weighted by Crippen LogP contribution is -2.70. The third kappa shape index (κ3) is 4.85. The van der Waals surface area contributed by atoms with Crippen LogP contribution in [0.2, 0.25) is 0 Å². The molecule has 0 unspecified atom stereocenters. The predicted molar refractivity (Wildman–Crippen MR) is 86.3 cm³/mol. The van der Waals surface area contributed by atoms with Crippen molar-refractivity contribution in [2.45, 2.75) is 19.0 Å². The van der Waals surface area contributed by atoms with Gasteiger partial charge >= 0.3 is 11.9 Å². The van der Waals surface area contributed by atoms with Crippen LogP contribution in [0.5, 0.6) is 0 Å². The highest BCUT2D eigenvalue weighted by Gasteiger charge is 2.47. The van der Waals surface area contributed by atoms with Gasteiger partial charge in [-0.3, -0.25) is 14.4 Å². The summed E-state index contributed by atoms with van der Waals surface area (Å²) >= 11 is 0.772. The molecule has 0 radical (unpaired) electrons. The van der Waals surface area contributed by atoms with Crippen molar-refractivity contribution in [3.63, 3.8) is 0 Å². The fraction of sp³-hybridized carbons (Fsp3) is 0.417. The normalized spacial score (nSPS) is 19.4. The second-order valence-corrected chi connectivity index (χ2v) is 5.87. The number of carboxylic acids is 2. The second-order valence-electron chi connectivity index (χ2n) is 5.09. The Morgan fingerprint density at radius 1 is 1.33 bits per heavy atom. The zero-order chi connectivity index (χ0) is 20.1. The maximum atomic E-state index is 12.4. The quantitative estimate of drug-likeness (QED) is 0.195. The molecule has 1 aromatic rings. The molecule has 0 saturated carbocycles. The van der Waals surface area contributed by atoms with Gasteiger partial charge in [-0.05, 0) is 6.92 Å². The van der Waals surface area contributed by atoms with Gasteiger partial charge in [0.2, 0.25) is 18.1 Å². The molecule has 0 aromatic carbocycles. The topological polar surface area (TPSA) is 207 Å². The Bertz CT molecular complexity index is 795. The molecule has 0 bridgehead atoms. The first-order valence-electron chi connectivity index (χ1n) is 7.20. The smallest absolute Gasteiger partial charge is 0.344 e. The Kier molecular flexibility index (Phi) is 6.19. The lowest BCUT2D eigenvalue weighted by atomic mass is 10.00. The van der Waals surface area contributed by atoms with E-state index in [0.717, 1.165) is 16.6 Å². The fourth-order valence-corrected chi connectivity index (χ4v) is 2.40. The van der Waals surface area contributed by atoms with Crippen molar-refractivity contribution in [2.75, 3.05) is 18.9 Å². The molecule has 0 spiro atoms. The van der Waals surface area contributed by atoms with E-state index < -0.39 is 54.8 Å². The van der Waals surface area contributed by atoms with E-state index in [4.69, 9.17) is 20.8 Å². The Balaban J connectivity index is 2.06. The number of anilines is 1. The molecule has 2 rings (SSSR count). The van der Waals surface area contributed by atoms with Gasteiger partial charge in [0, 0.05) is 11.5 Å². The van der Waals surface area contributed by atoms with Crippen LogP contribution in [0.1, 0.15) is 12.7 Å². The summed E-state index contributed by atoms with van der Waals surface area (Å²) in [5.41, 5.74) is 4.97. The number of carbonyl (C=O) groups is 4. The maximum Gasteiger partial charge on any atom is 0.344 e. The number of hydrogen-bond donors (Lipinski definition) is 4. The zero-order valence-corrected chi connectivity index (χ0v) is 14.5. The van der Waals surface area contributed by atoms with Gasteiger partial charge in [-0.1, -0.05) is 5.16 Å². The van der Waals surface area contributed by atoms with E-state index in [1.54, 1.807) is 0 Å². The van der Waals surface area contributed by atoms with Gasteiger partial charge in [0.15, 0.2) is 11.7 Å². The molecule has 5 N–H and O–H groups in total. The number of nitrogens with two attached hydrogens (primary N) is 1. The summed E-state index contributed by atoms with van der Waals surface area (Å²) in [6, 6.07) is -1.68. The van der Waals surface area contributed by atoms with Crippen LogP contribution in [0.4, 0.5) is 5.13 Å². The first-order valence-corrected chi connectivity index (χ1v) is 7.98. The van der Waals surface area contributed by atoms with Gasteiger partial charge in [-0.2, -0.15) is 9.36 Å². The molecule has 2 heterocycles. The summed E-state index contributed by atoms with van der Waals surface area (Å²) in [5.74, 6) is -4.38. The van der Waals surface area contributed by atoms with Gasteiger partial charge in [-0.15, -0.1) is 0 Å². The number of hydrogen-bond acceptors (Lipinski definition) is 11. The summed E-state index contributed by atoms with van der Waals surface area (Å²) in [6.07, 6.45) is 0. The Labute approximate surface area is 154 Å². The van der Waals surface area contributed by atoms with Crippen molar-refractivity contribution in [2.24, 2.45) is 5.16 Å². The molecule has 1 fully saturated rings. The second kappa shape index (κ2) is 8.37. The number of aromatic nitrogens is 2. The van der Waals surface area contributed by atoms with Crippen LogP contribution in [0.25, 0.3) is 0 Å². The fourth-order valence-electron chi connectivity index (χ4n) is 1.96. The summed E-state index contributed by atoms with van der Waals surface area (Å²) in [5, 5.41) is 23.7. The standard InChI is InChI=1S/C12H14N6O8S/c1-4-7(11(24)18(4)26-3-6(21)22)14-10(23)8(16-25-2-5(19)20)9-15-12(13)27-17-9/h4,7H,2-3H2,1H3,(H,14,23)(H,19,20)(H,21,22)(H2,13,15,17)/b16-8-/t4-,7-/m0/s1. The molecule has 1 aliphatic heterocycles. The Hall–Kier alpha value is -3.33. The first kappa shape index (κ1) is 20.0. The van der Waals surface area contributed by atoms with Gasteiger partial charge < -0.3 is 26.1 Å². The van der Waals surface area contributed by atoms with Crippen LogP contribution < -0.4 is 11.1 Å². The lowest BCUT2D eigenvalue weighted by Gasteiger charge is -2.43. The molecule has 2 amide bonds. The molecule has 14 nitrogen and oxygen atoms in total. The molecule has 15 heteroatoms. The van der Waals surface area contributed by atoms with Crippen LogP contribution in [-0.4, -0.2) is 79.4 Å². The van der Waals surface area contributed by atoms with Gasteiger partial charge in [-0.25, -0.2) is 14.7 Å². The van der Waals surface area contributed by atoms with Crippen molar-refractivity contribution in [1.29, 1.82) is 0 Å². The van der Waals surface area contributed by atoms with Crippen molar-refractivity contribution >= 4 is 46.1 Å². The number of aliphatic carboxylic acids is 2. The monoisotopic (exact) mass is 402 g/mol. The molecule has 27 heavy (non-hydrogen) atoms.